The maximum absolute atomic E-state index is 9.92. The molecule has 66 valence electrons. The minimum atomic E-state index is -0.684. The first-order valence-electron chi connectivity index (χ1n) is 4.21. The SMILES string of the molecule is CC(N)C1(O)CCCOCC1. The first-order valence-corrected chi connectivity index (χ1v) is 4.21. The van der Waals surface area contributed by atoms with Gasteiger partial charge in [0, 0.05) is 25.7 Å². The third-order valence-corrected chi connectivity index (χ3v) is 2.43. The highest BCUT2D eigenvalue weighted by atomic mass is 16.5. The van der Waals surface area contributed by atoms with Gasteiger partial charge in [-0.25, -0.2) is 0 Å². The second kappa shape index (κ2) is 3.52. The molecule has 3 nitrogen and oxygen atoms in total. The first kappa shape index (κ1) is 8.97. The van der Waals surface area contributed by atoms with E-state index in [0.29, 0.717) is 13.0 Å². The van der Waals surface area contributed by atoms with Gasteiger partial charge in [0.15, 0.2) is 0 Å². The third kappa shape index (κ3) is 2.15. The van der Waals surface area contributed by atoms with E-state index >= 15 is 0 Å². The van der Waals surface area contributed by atoms with Crippen molar-refractivity contribution in [2.75, 3.05) is 13.2 Å². The number of aliphatic hydroxyl groups is 1. The Labute approximate surface area is 67.5 Å². The van der Waals surface area contributed by atoms with Crippen molar-refractivity contribution >= 4 is 0 Å². The molecule has 0 amide bonds. The quantitative estimate of drug-likeness (QED) is 0.577. The summed E-state index contributed by atoms with van der Waals surface area (Å²) < 4.78 is 5.22. The molecule has 0 aromatic rings. The maximum Gasteiger partial charge on any atom is 0.0817 e. The molecule has 3 N–H and O–H groups in total. The highest BCUT2D eigenvalue weighted by molar-refractivity contribution is 4.87. The molecular weight excluding hydrogens is 142 g/mol. The van der Waals surface area contributed by atoms with E-state index in [1.54, 1.807) is 0 Å². The lowest BCUT2D eigenvalue weighted by Gasteiger charge is -2.29. The van der Waals surface area contributed by atoms with E-state index in [0.717, 1.165) is 19.4 Å². The summed E-state index contributed by atoms with van der Waals surface area (Å²) in [6, 6.07) is -0.149. The van der Waals surface area contributed by atoms with Crippen LogP contribution in [0, 0.1) is 0 Å². The van der Waals surface area contributed by atoms with E-state index in [2.05, 4.69) is 0 Å². The molecule has 0 aliphatic carbocycles. The molecule has 0 saturated carbocycles. The summed E-state index contributed by atoms with van der Waals surface area (Å²) in [5.74, 6) is 0. The van der Waals surface area contributed by atoms with Crippen LogP contribution in [0.2, 0.25) is 0 Å². The van der Waals surface area contributed by atoms with Crippen LogP contribution in [0.5, 0.6) is 0 Å². The van der Waals surface area contributed by atoms with Crippen molar-refractivity contribution in [2.45, 2.75) is 37.8 Å². The van der Waals surface area contributed by atoms with Gasteiger partial charge in [0.1, 0.15) is 0 Å². The smallest absolute Gasteiger partial charge is 0.0817 e. The van der Waals surface area contributed by atoms with Gasteiger partial charge in [0.2, 0.25) is 0 Å². The molecule has 1 saturated heterocycles. The third-order valence-electron chi connectivity index (χ3n) is 2.43. The van der Waals surface area contributed by atoms with Crippen molar-refractivity contribution in [3.8, 4) is 0 Å². The van der Waals surface area contributed by atoms with Gasteiger partial charge < -0.3 is 15.6 Å². The Morgan fingerprint density at radius 3 is 2.82 bits per heavy atom. The zero-order valence-electron chi connectivity index (χ0n) is 7.05. The summed E-state index contributed by atoms with van der Waals surface area (Å²) in [7, 11) is 0. The van der Waals surface area contributed by atoms with Crippen molar-refractivity contribution in [1.29, 1.82) is 0 Å². The second-order valence-corrected chi connectivity index (χ2v) is 3.36. The predicted octanol–water partition coefficient (Wildman–Crippen LogP) is 0.265. The molecule has 1 aliphatic heterocycles. The molecule has 1 heterocycles. The molecule has 2 atom stereocenters. The summed E-state index contributed by atoms with van der Waals surface area (Å²) in [6.45, 7) is 3.25. The second-order valence-electron chi connectivity index (χ2n) is 3.36. The fraction of sp³-hybridized carbons (Fsp3) is 1.00. The van der Waals surface area contributed by atoms with E-state index in [4.69, 9.17) is 10.5 Å². The molecule has 0 radical (unpaired) electrons. The molecule has 0 spiro atoms. The number of ether oxygens (including phenoxy) is 1. The molecule has 1 rings (SSSR count). The first-order chi connectivity index (χ1) is 5.15. The Hall–Kier alpha value is -0.120. The molecule has 3 heteroatoms. The van der Waals surface area contributed by atoms with Gasteiger partial charge in [0.25, 0.3) is 0 Å². The number of rotatable bonds is 1. The van der Waals surface area contributed by atoms with Gasteiger partial charge in [-0.2, -0.15) is 0 Å². The highest BCUT2D eigenvalue weighted by Gasteiger charge is 2.31. The van der Waals surface area contributed by atoms with E-state index in [9.17, 15) is 5.11 Å². The van der Waals surface area contributed by atoms with E-state index in [-0.39, 0.29) is 6.04 Å². The maximum atomic E-state index is 9.92. The fourth-order valence-corrected chi connectivity index (χ4v) is 1.41. The van der Waals surface area contributed by atoms with Crippen molar-refractivity contribution in [2.24, 2.45) is 5.73 Å². The van der Waals surface area contributed by atoms with E-state index in [1.807, 2.05) is 6.92 Å². The summed E-state index contributed by atoms with van der Waals surface area (Å²) in [4.78, 5) is 0. The molecule has 1 fully saturated rings. The van der Waals surface area contributed by atoms with Crippen LogP contribution in [0.1, 0.15) is 26.2 Å². The molecule has 11 heavy (non-hydrogen) atoms. The van der Waals surface area contributed by atoms with Crippen LogP contribution >= 0.6 is 0 Å². The number of hydrogen-bond acceptors (Lipinski definition) is 3. The minimum absolute atomic E-state index is 0.149. The Balaban J connectivity index is 2.52. The lowest BCUT2D eigenvalue weighted by atomic mass is 9.88. The Morgan fingerprint density at radius 1 is 1.45 bits per heavy atom. The van der Waals surface area contributed by atoms with Crippen molar-refractivity contribution < 1.29 is 9.84 Å². The van der Waals surface area contributed by atoms with Crippen LogP contribution in [0.15, 0.2) is 0 Å². The zero-order chi connectivity index (χ0) is 8.32. The Bertz CT molecular complexity index is 117. The average molecular weight is 159 g/mol. The van der Waals surface area contributed by atoms with Crippen LogP contribution in [0.25, 0.3) is 0 Å². The molecule has 0 bridgehead atoms. The lowest BCUT2D eigenvalue weighted by Crippen LogP contribution is -2.46. The summed E-state index contributed by atoms with van der Waals surface area (Å²) in [6.07, 6.45) is 2.35. The van der Waals surface area contributed by atoms with Crippen LogP contribution < -0.4 is 5.73 Å². The van der Waals surface area contributed by atoms with Gasteiger partial charge >= 0.3 is 0 Å². The van der Waals surface area contributed by atoms with Crippen molar-refractivity contribution in [3.05, 3.63) is 0 Å². The van der Waals surface area contributed by atoms with Gasteiger partial charge in [-0.15, -0.1) is 0 Å². The van der Waals surface area contributed by atoms with Gasteiger partial charge in [-0.3, -0.25) is 0 Å². The van der Waals surface area contributed by atoms with Gasteiger partial charge in [-0.1, -0.05) is 0 Å². The lowest BCUT2D eigenvalue weighted by molar-refractivity contribution is -0.0000461. The molecule has 0 aromatic carbocycles. The number of hydrogen-bond donors (Lipinski definition) is 2. The summed E-state index contributed by atoms with van der Waals surface area (Å²) in [5, 5.41) is 9.92. The van der Waals surface area contributed by atoms with Crippen LogP contribution in [-0.2, 0) is 4.74 Å². The Kier molecular flexibility index (Phi) is 2.87. The van der Waals surface area contributed by atoms with Gasteiger partial charge in [-0.05, 0) is 19.8 Å². The van der Waals surface area contributed by atoms with Gasteiger partial charge in [0.05, 0.1) is 5.60 Å². The summed E-state index contributed by atoms with van der Waals surface area (Å²) >= 11 is 0. The van der Waals surface area contributed by atoms with Crippen LogP contribution in [-0.4, -0.2) is 30.0 Å². The highest BCUT2D eigenvalue weighted by Crippen LogP contribution is 2.23. The minimum Gasteiger partial charge on any atom is -0.388 e. The topological polar surface area (TPSA) is 55.5 Å². The van der Waals surface area contributed by atoms with E-state index < -0.39 is 5.60 Å². The normalized spacial score (nSPS) is 36.3. The Morgan fingerprint density at radius 2 is 2.18 bits per heavy atom. The number of nitrogens with two attached hydrogens (primary N) is 1. The standard InChI is InChI=1S/C8H17NO2/c1-7(9)8(10)3-2-5-11-6-4-8/h7,10H,2-6,9H2,1H3. The van der Waals surface area contributed by atoms with Crippen LogP contribution in [0.4, 0.5) is 0 Å². The average Bonchev–Trinajstić information content (AvgIpc) is 2.15. The monoisotopic (exact) mass is 159 g/mol. The predicted molar refractivity (Wildman–Crippen MR) is 43.3 cm³/mol. The largest absolute Gasteiger partial charge is 0.388 e. The fourth-order valence-electron chi connectivity index (χ4n) is 1.41. The van der Waals surface area contributed by atoms with Crippen molar-refractivity contribution in [1.82, 2.24) is 0 Å². The van der Waals surface area contributed by atoms with Crippen LogP contribution in [0.3, 0.4) is 0 Å². The zero-order valence-corrected chi connectivity index (χ0v) is 7.05. The molecular formula is C8H17NO2. The summed E-state index contributed by atoms with van der Waals surface area (Å²) in [5.41, 5.74) is 4.98. The van der Waals surface area contributed by atoms with Crippen molar-refractivity contribution in [3.63, 3.8) is 0 Å². The molecule has 2 unspecified atom stereocenters. The van der Waals surface area contributed by atoms with E-state index in [1.165, 1.54) is 0 Å². The molecule has 0 aromatic heterocycles. The molecule has 1 aliphatic rings.